The largest absolute Gasteiger partial charge is 0.495 e. The molecular formula is C28H28ClN3O3. The van der Waals surface area contributed by atoms with Crippen molar-refractivity contribution in [3.05, 3.63) is 82.6 Å². The number of imidazole rings is 1. The fourth-order valence-corrected chi connectivity index (χ4v) is 5.00. The van der Waals surface area contributed by atoms with E-state index >= 15 is 0 Å². The van der Waals surface area contributed by atoms with Crippen molar-refractivity contribution in [1.29, 1.82) is 0 Å². The third kappa shape index (κ3) is 4.58. The average molecular weight is 490 g/mol. The molecule has 1 amide bonds. The summed E-state index contributed by atoms with van der Waals surface area (Å²) >= 11 is 6.24. The number of aromatic nitrogens is 2. The van der Waals surface area contributed by atoms with E-state index in [0.717, 1.165) is 28.2 Å². The lowest BCUT2D eigenvalue weighted by atomic mass is 10.1. The second kappa shape index (κ2) is 9.62. The van der Waals surface area contributed by atoms with Crippen molar-refractivity contribution < 1.29 is 14.3 Å². The lowest BCUT2D eigenvalue weighted by Gasteiger charge is -2.20. The number of para-hydroxylation sites is 2. The van der Waals surface area contributed by atoms with Gasteiger partial charge in [0.25, 0.3) is 0 Å². The maximum Gasteiger partial charge on any atom is 0.227 e. The van der Waals surface area contributed by atoms with Crippen LogP contribution < -0.4 is 14.4 Å². The monoisotopic (exact) mass is 489 g/mol. The van der Waals surface area contributed by atoms with E-state index in [-0.39, 0.29) is 11.8 Å². The number of ether oxygens (including phenoxy) is 2. The molecule has 180 valence electrons. The SMILES string of the molecule is COc1ccc(Cl)cc1N1C[C@@H](c2nc3ccccc3n2CCOc2ccc(C)cc2C)CC1=O. The molecule has 5 rings (SSSR count). The van der Waals surface area contributed by atoms with Crippen molar-refractivity contribution in [3.63, 3.8) is 0 Å². The number of hydrogen-bond acceptors (Lipinski definition) is 4. The van der Waals surface area contributed by atoms with Crippen LogP contribution in [0.15, 0.2) is 60.7 Å². The van der Waals surface area contributed by atoms with Gasteiger partial charge >= 0.3 is 0 Å². The molecule has 6 nitrogen and oxygen atoms in total. The number of hydrogen-bond donors (Lipinski definition) is 0. The average Bonchev–Trinajstić information content (AvgIpc) is 3.41. The highest BCUT2D eigenvalue weighted by Gasteiger charge is 2.36. The van der Waals surface area contributed by atoms with Crippen molar-refractivity contribution >= 4 is 34.2 Å². The van der Waals surface area contributed by atoms with Gasteiger partial charge in [-0.2, -0.15) is 0 Å². The molecule has 1 aromatic heterocycles. The molecule has 0 radical (unpaired) electrons. The highest BCUT2D eigenvalue weighted by molar-refractivity contribution is 6.31. The second-order valence-corrected chi connectivity index (χ2v) is 9.39. The Balaban J connectivity index is 1.42. The van der Waals surface area contributed by atoms with Gasteiger partial charge in [0.1, 0.15) is 23.9 Å². The second-order valence-electron chi connectivity index (χ2n) is 8.95. The number of benzene rings is 3. The summed E-state index contributed by atoms with van der Waals surface area (Å²) < 4.78 is 13.8. The van der Waals surface area contributed by atoms with E-state index in [1.165, 1.54) is 5.56 Å². The minimum absolute atomic E-state index is 0.0284. The van der Waals surface area contributed by atoms with Gasteiger partial charge in [-0.05, 0) is 55.8 Å². The van der Waals surface area contributed by atoms with Crippen LogP contribution in [0.2, 0.25) is 5.02 Å². The van der Waals surface area contributed by atoms with Crippen LogP contribution >= 0.6 is 11.6 Å². The summed E-state index contributed by atoms with van der Waals surface area (Å²) in [6.07, 6.45) is 0.372. The molecule has 1 atom stereocenters. The number of aryl methyl sites for hydroxylation is 2. The number of methoxy groups -OCH3 is 1. The van der Waals surface area contributed by atoms with Crippen LogP contribution in [0.25, 0.3) is 11.0 Å². The topological polar surface area (TPSA) is 56.6 Å². The van der Waals surface area contributed by atoms with Crippen LogP contribution in [0.1, 0.15) is 29.3 Å². The standard InChI is InChI=1S/C28H28ClN3O3/c1-18-8-10-25(19(2)14-18)35-13-12-31-23-7-5-4-6-22(23)30-28(31)20-15-27(33)32(17-20)24-16-21(29)9-11-26(24)34-3/h4-11,14,16,20H,12-13,15,17H2,1-3H3/t20-/m0/s1. The molecule has 2 heterocycles. The van der Waals surface area contributed by atoms with Gasteiger partial charge in [0.2, 0.25) is 5.91 Å². The van der Waals surface area contributed by atoms with Crippen molar-refractivity contribution in [2.45, 2.75) is 32.7 Å². The molecule has 1 aliphatic rings. The van der Waals surface area contributed by atoms with E-state index in [4.69, 9.17) is 26.1 Å². The highest BCUT2D eigenvalue weighted by Crippen LogP contribution is 2.38. The number of halogens is 1. The van der Waals surface area contributed by atoms with E-state index in [0.29, 0.717) is 42.6 Å². The van der Waals surface area contributed by atoms with Crippen molar-refractivity contribution in [2.24, 2.45) is 0 Å². The molecular weight excluding hydrogens is 462 g/mol. The number of rotatable bonds is 7. The fourth-order valence-electron chi connectivity index (χ4n) is 4.84. The Labute approximate surface area is 210 Å². The van der Waals surface area contributed by atoms with Crippen LogP contribution in [-0.4, -0.2) is 35.7 Å². The number of carbonyl (C=O) groups excluding carboxylic acids is 1. The zero-order valence-electron chi connectivity index (χ0n) is 20.1. The third-order valence-electron chi connectivity index (χ3n) is 6.51. The first-order valence-electron chi connectivity index (χ1n) is 11.7. The zero-order chi connectivity index (χ0) is 24.5. The van der Waals surface area contributed by atoms with Gasteiger partial charge in [0.15, 0.2) is 0 Å². The molecule has 0 N–H and O–H groups in total. The third-order valence-corrected chi connectivity index (χ3v) is 6.74. The lowest BCUT2D eigenvalue weighted by Crippen LogP contribution is -2.25. The molecule has 4 aromatic rings. The normalized spacial score (nSPS) is 15.7. The van der Waals surface area contributed by atoms with Crippen LogP contribution in [0.4, 0.5) is 5.69 Å². The summed E-state index contributed by atoms with van der Waals surface area (Å²) in [6, 6.07) is 19.6. The summed E-state index contributed by atoms with van der Waals surface area (Å²) in [4.78, 5) is 19.8. The Hall–Kier alpha value is -3.51. The van der Waals surface area contributed by atoms with E-state index in [2.05, 4.69) is 36.6 Å². The lowest BCUT2D eigenvalue weighted by molar-refractivity contribution is -0.117. The summed E-state index contributed by atoms with van der Waals surface area (Å²) in [5.74, 6) is 2.38. The molecule has 3 aromatic carbocycles. The molecule has 1 saturated heterocycles. The number of nitrogens with zero attached hydrogens (tertiary/aromatic N) is 3. The molecule has 0 aliphatic carbocycles. The predicted molar refractivity (Wildman–Crippen MR) is 139 cm³/mol. The number of anilines is 1. The van der Waals surface area contributed by atoms with Gasteiger partial charge in [-0.15, -0.1) is 0 Å². The molecule has 7 heteroatoms. The number of carbonyl (C=O) groups is 1. The zero-order valence-corrected chi connectivity index (χ0v) is 20.9. The Kier molecular flexibility index (Phi) is 6.39. The molecule has 0 saturated carbocycles. The summed E-state index contributed by atoms with van der Waals surface area (Å²) in [6.45, 7) is 5.78. The van der Waals surface area contributed by atoms with E-state index in [1.807, 2.05) is 24.3 Å². The Bertz CT molecular complexity index is 1400. The molecule has 1 fully saturated rings. The van der Waals surface area contributed by atoms with E-state index < -0.39 is 0 Å². The minimum atomic E-state index is -0.0558. The first-order valence-corrected chi connectivity index (χ1v) is 12.1. The van der Waals surface area contributed by atoms with Crippen molar-refractivity contribution in [1.82, 2.24) is 9.55 Å². The molecule has 35 heavy (non-hydrogen) atoms. The number of fused-ring (bicyclic) bond motifs is 1. The first-order chi connectivity index (χ1) is 16.9. The molecule has 0 spiro atoms. The van der Waals surface area contributed by atoms with Crippen LogP contribution in [0, 0.1) is 13.8 Å². The number of amides is 1. The maximum atomic E-state index is 13.1. The first kappa shape index (κ1) is 23.2. The fraction of sp³-hybridized carbons (Fsp3) is 0.286. The van der Waals surface area contributed by atoms with E-state index in [9.17, 15) is 4.79 Å². The van der Waals surface area contributed by atoms with E-state index in [1.54, 1.807) is 30.2 Å². The van der Waals surface area contributed by atoms with Crippen LogP contribution in [0.3, 0.4) is 0 Å². The van der Waals surface area contributed by atoms with Crippen LogP contribution in [-0.2, 0) is 11.3 Å². The summed E-state index contributed by atoms with van der Waals surface area (Å²) in [5, 5.41) is 0.563. The molecule has 0 bridgehead atoms. The smallest absolute Gasteiger partial charge is 0.227 e. The van der Waals surface area contributed by atoms with Gasteiger partial charge in [-0.25, -0.2) is 4.98 Å². The summed E-state index contributed by atoms with van der Waals surface area (Å²) in [5.41, 5.74) is 4.98. The van der Waals surface area contributed by atoms with Crippen molar-refractivity contribution in [2.75, 3.05) is 25.2 Å². The van der Waals surface area contributed by atoms with Gasteiger partial charge in [0.05, 0.1) is 30.4 Å². The van der Waals surface area contributed by atoms with Gasteiger partial charge < -0.3 is 18.9 Å². The van der Waals surface area contributed by atoms with Gasteiger partial charge in [-0.3, -0.25) is 4.79 Å². The summed E-state index contributed by atoms with van der Waals surface area (Å²) in [7, 11) is 1.60. The highest BCUT2D eigenvalue weighted by atomic mass is 35.5. The maximum absolute atomic E-state index is 13.1. The molecule has 0 unspecified atom stereocenters. The van der Waals surface area contributed by atoms with Crippen LogP contribution in [0.5, 0.6) is 11.5 Å². The van der Waals surface area contributed by atoms with Crippen molar-refractivity contribution in [3.8, 4) is 11.5 Å². The predicted octanol–water partition coefficient (Wildman–Crippen LogP) is 5.91. The van der Waals surface area contributed by atoms with Gasteiger partial charge in [-0.1, -0.05) is 41.4 Å². The Morgan fingerprint density at radius 2 is 1.86 bits per heavy atom. The Morgan fingerprint density at radius 3 is 2.66 bits per heavy atom. The Morgan fingerprint density at radius 1 is 1.06 bits per heavy atom. The molecule has 1 aliphatic heterocycles. The van der Waals surface area contributed by atoms with Gasteiger partial charge in [0, 0.05) is 23.9 Å². The minimum Gasteiger partial charge on any atom is -0.495 e. The quantitative estimate of drug-likeness (QED) is 0.323.